The lowest BCUT2D eigenvalue weighted by atomic mass is 9.79. The van der Waals surface area contributed by atoms with E-state index in [1.54, 1.807) is 7.05 Å². The van der Waals surface area contributed by atoms with Gasteiger partial charge in [0, 0.05) is 38.8 Å². The number of likely N-dealkylation sites (tertiary alicyclic amines) is 1. The van der Waals surface area contributed by atoms with Crippen molar-refractivity contribution >= 4 is 5.96 Å². The van der Waals surface area contributed by atoms with Crippen LogP contribution in [-0.4, -0.2) is 55.8 Å². The largest absolute Gasteiger partial charge is 0.392 e. The first-order valence-corrected chi connectivity index (χ1v) is 9.66. The number of rotatable bonds is 4. The van der Waals surface area contributed by atoms with Gasteiger partial charge in [0.25, 0.3) is 0 Å². The van der Waals surface area contributed by atoms with Gasteiger partial charge in [0.2, 0.25) is 0 Å². The Morgan fingerprint density at radius 2 is 1.84 bits per heavy atom. The molecule has 2 aliphatic carbocycles. The van der Waals surface area contributed by atoms with Crippen LogP contribution in [0.3, 0.4) is 0 Å². The van der Waals surface area contributed by atoms with E-state index in [0.29, 0.717) is 37.3 Å². The minimum Gasteiger partial charge on any atom is -0.356 e. The summed E-state index contributed by atoms with van der Waals surface area (Å²) in [7, 11) is 1.69. The molecule has 7 heteroatoms. The highest BCUT2D eigenvalue weighted by Crippen LogP contribution is 2.41. The van der Waals surface area contributed by atoms with Crippen molar-refractivity contribution in [2.75, 3.05) is 26.7 Å². The van der Waals surface area contributed by atoms with Crippen LogP contribution in [0.5, 0.6) is 0 Å². The minimum absolute atomic E-state index is 0.262. The molecular formula is C18H31F3N4. The summed E-state index contributed by atoms with van der Waals surface area (Å²) in [5, 5.41) is 6.61. The lowest BCUT2D eigenvalue weighted by molar-refractivity contribution is -0.195. The molecule has 3 rings (SSSR count). The molecule has 3 aliphatic rings. The first kappa shape index (κ1) is 18.8. The second-order valence-electron chi connectivity index (χ2n) is 8.06. The Morgan fingerprint density at radius 3 is 2.48 bits per heavy atom. The smallest absolute Gasteiger partial charge is 0.356 e. The summed E-state index contributed by atoms with van der Waals surface area (Å²) in [6, 6.07) is 1.07. The number of guanidine groups is 1. The van der Waals surface area contributed by atoms with E-state index >= 15 is 0 Å². The van der Waals surface area contributed by atoms with Crippen molar-refractivity contribution < 1.29 is 13.2 Å². The van der Waals surface area contributed by atoms with Gasteiger partial charge in [0.15, 0.2) is 5.96 Å². The zero-order valence-electron chi connectivity index (χ0n) is 15.3. The van der Waals surface area contributed by atoms with Crippen LogP contribution >= 0.6 is 0 Å². The topological polar surface area (TPSA) is 39.7 Å². The van der Waals surface area contributed by atoms with Crippen molar-refractivity contribution in [2.45, 2.75) is 63.7 Å². The summed E-state index contributed by atoms with van der Waals surface area (Å²) in [5.41, 5.74) is 0. The van der Waals surface area contributed by atoms with Crippen molar-refractivity contribution in [3.05, 3.63) is 0 Å². The fourth-order valence-electron chi connectivity index (χ4n) is 4.41. The van der Waals surface area contributed by atoms with Crippen LogP contribution in [-0.2, 0) is 0 Å². The van der Waals surface area contributed by atoms with E-state index in [9.17, 15) is 13.2 Å². The molecule has 25 heavy (non-hydrogen) atoms. The molecule has 0 spiro atoms. The molecule has 144 valence electrons. The lowest BCUT2D eigenvalue weighted by Crippen LogP contribution is -2.49. The third-order valence-corrected chi connectivity index (χ3v) is 6.11. The molecule has 0 aromatic heterocycles. The number of aliphatic imine (C=N–C) groups is 1. The van der Waals surface area contributed by atoms with Crippen LogP contribution in [0.1, 0.15) is 45.4 Å². The van der Waals surface area contributed by atoms with E-state index < -0.39 is 12.1 Å². The summed E-state index contributed by atoms with van der Waals surface area (Å²) < 4.78 is 39.7. The van der Waals surface area contributed by atoms with Crippen LogP contribution in [0.15, 0.2) is 4.99 Å². The Kier molecular flexibility index (Phi) is 5.81. The number of halogens is 3. The quantitative estimate of drug-likeness (QED) is 0.598. The van der Waals surface area contributed by atoms with Crippen LogP contribution in [0, 0.1) is 17.8 Å². The highest BCUT2D eigenvalue weighted by Gasteiger charge is 2.45. The number of hydrogen-bond acceptors (Lipinski definition) is 2. The van der Waals surface area contributed by atoms with Crippen LogP contribution < -0.4 is 10.6 Å². The molecule has 0 radical (unpaired) electrons. The van der Waals surface area contributed by atoms with Gasteiger partial charge in [-0.2, -0.15) is 13.2 Å². The average Bonchev–Trinajstić information content (AvgIpc) is 3.35. The first-order chi connectivity index (χ1) is 11.9. The zero-order valence-corrected chi connectivity index (χ0v) is 15.3. The van der Waals surface area contributed by atoms with E-state index in [1.807, 2.05) is 0 Å². The second-order valence-corrected chi connectivity index (χ2v) is 8.06. The molecule has 2 N–H and O–H groups in total. The van der Waals surface area contributed by atoms with E-state index in [4.69, 9.17) is 0 Å². The van der Waals surface area contributed by atoms with Crippen LogP contribution in [0.25, 0.3) is 0 Å². The lowest BCUT2D eigenvalue weighted by Gasteiger charge is -2.33. The summed E-state index contributed by atoms with van der Waals surface area (Å²) in [4.78, 5) is 6.76. The van der Waals surface area contributed by atoms with Gasteiger partial charge in [-0.15, -0.1) is 0 Å². The van der Waals surface area contributed by atoms with Crippen LogP contribution in [0.4, 0.5) is 13.2 Å². The number of hydrogen-bond donors (Lipinski definition) is 2. The van der Waals surface area contributed by atoms with Gasteiger partial charge < -0.3 is 10.6 Å². The molecule has 4 atom stereocenters. The predicted molar refractivity (Wildman–Crippen MR) is 93.5 cm³/mol. The highest BCUT2D eigenvalue weighted by atomic mass is 19.4. The third-order valence-electron chi connectivity index (χ3n) is 6.11. The molecule has 3 fully saturated rings. The average molecular weight is 360 g/mol. The SMILES string of the molecule is CN=C(NCC1CCCCC1C(F)(F)F)NC1CN(C2CC2)CC1C. The van der Waals surface area contributed by atoms with E-state index in [2.05, 4.69) is 27.4 Å². The van der Waals surface area contributed by atoms with Crippen molar-refractivity contribution in [1.82, 2.24) is 15.5 Å². The van der Waals surface area contributed by atoms with Gasteiger partial charge in [0.1, 0.15) is 0 Å². The molecule has 4 nitrogen and oxygen atoms in total. The Hall–Kier alpha value is -0.980. The molecule has 0 aromatic rings. The summed E-state index contributed by atoms with van der Waals surface area (Å²) in [6.45, 7) is 4.67. The van der Waals surface area contributed by atoms with E-state index in [1.165, 1.54) is 12.8 Å². The first-order valence-electron chi connectivity index (χ1n) is 9.66. The minimum atomic E-state index is -4.09. The van der Waals surface area contributed by atoms with Crippen molar-refractivity contribution in [2.24, 2.45) is 22.7 Å². The van der Waals surface area contributed by atoms with E-state index in [-0.39, 0.29) is 12.3 Å². The van der Waals surface area contributed by atoms with Gasteiger partial charge in [-0.25, -0.2) is 0 Å². The van der Waals surface area contributed by atoms with Crippen LogP contribution in [0.2, 0.25) is 0 Å². The Bertz CT molecular complexity index is 475. The van der Waals surface area contributed by atoms with Gasteiger partial charge in [-0.05, 0) is 37.5 Å². The van der Waals surface area contributed by atoms with Crippen molar-refractivity contribution in [3.63, 3.8) is 0 Å². The standard InChI is InChI=1S/C18H31F3N4/c1-12-10-25(14-7-8-14)11-16(12)24-17(22-2)23-9-13-5-3-4-6-15(13)18(19,20)21/h12-16H,3-11H2,1-2H3,(H2,22,23,24). The van der Waals surface area contributed by atoms with Gasteiger partial charge in [-0.3, -0.25) is 9.89 Å². The van der Waals surface area contributed by atoms with Crippen molar-refractivity contribution in [3.8, 4) is 0 Å². The molecule has 4 unspecified atom stereocenters. The maximum atomic E-state index is 13.2. The second kappa shape index (κ2) is 7.72. The fraction of sp³-hybridized carbons (Fsp3) is 0.944. The maximum absolute atomic E-state index is 13.2. The van der Waals surface area contributed by atoms with E-state index in [0.717, 1.165) is 25.6 Å². The summed E-state index contributed by atoms with van der Waals surface area (Å²) in [6.07, 6.45) is 0.987. The molecule has 0 aromatic carbocycles. The summed E-state index contributed by atoms with van der Waals surface area (Å²) in [5.74, 6) is -0.364. The number of nitrogens with zero attached hydrogens (tertiary/aromatic N) is 2. The van der Waals surface area contributed by atoms with Gasteiger partial charge in [0.05, 0.1) is 5.92 Å². The molecule has 0 bridgehead atoms. The molecule has 1 saturated heterocycles. The Morgan fingerprint density at radius 1 is 1.12 bits per heavy atom. The molecule has 1 aliphatic heterocycles. The zero-order chi connectivity index (χ0) is 18.0. The Labute approximate surface area is 148 Å². The molecule has 0 amide bonds. The highest BCUT2D eigenvalue weighted by molar-refractivity contribution is 5.80. The summed E-state index contributed by atoms with van der Waals surface area (Å²) >= 11 is 0. The monoisotopic (exact) mass is 360 g/mol. The molecule has 1 heterocycles. The predicted octanol–water partition coefficient (Wildman–Crippen LogP) is 3.00. The fourth-order valence-corrected chi connectivity index (χ4v) is 4.41. The molecule has 2 saturated carbocycles. The van der Waals surface area contributed by atoms with Gasteiger partial charge in [-0.1, -0.05) is 19.8 Å². The van der Waals surface area contributed by atoms with Crippen molar-refractivity contribution in [1.29, 1.82) is 0 Å². The number of nitrogens with one attached hydrogen (secondary N) is 2. The normalized spacial score (nSPS) is 35.0. The molecular weight excluding hydrogens is 329 g/mol. The number of alkyl halides is 3. The third kappa shape index (κ3) is 4.80. The Balaban J connectivity index is 1.50. The van der Waals surface area contributed by atoms with Gasteiger partial charge >= 0.3 is 6.18 Å². The maximum Gasteiger partial charge on any atom is 0.392 e.